The highest BCUT2D eigenvalue weighted by molar-refractivity contribution is 5.86. The number of aromatic nitrogens is 4. The Kier molecular flexibility index (Phi) is 8.47. The molecule has 2 atom stereocenters. The highest BCUT2D eigenvalue weighted by Crippen LogP contribution is 2.41. The van der Waals surface area contributed by atoms with Gasteiger partial charge < -0.3 is 10.5 Å². The van der Waals surface area contributed by atoms with Gasteiger partial charge in [-0.15, -0.1) is 35.0 Å². The van der Waals surface area contributed by atoms with Gasteiger partial charge in [0.2, 0.25) is 0 Å². The molecule has 1 aliphatic rings. The van der Waals surface area contributed by atoms with Crippen molar-refractivity contribution in [2.24, 2.45) is 5.73 Å². The van der Waals surface area contributed by atoms with Gasteiger partial charge in [-0.2, -0.15) is 13.2 Å². The minimum Gasteiger partial charge on any atom is -0.489 e. The Morgan fingerprint density at radius 3 is 2.45 bits per heavy atom. The predicted octanol–water partition coefficient (Wildman–Crippen LogP) is 5.74. The zero-order valence-electron chi connectivity index (χ0n) is 20.9. The van der Waals surface area contributed by atoms with E-state index in [9.17, 15) is 17.6 Å². The summed E-state index contributed by atoms with van der Waals surface area (Å²) in [6, 6.07) is 7.01. The van der Waals surface area contributed by atoms with E-state index in [2.05, 4.69) is 15.2 Å². The summed E-state index contributed by atoms with van der Waals surface area (Å²) in [6.45, 7) is 5.77. The first-order valence-electron chi connectivity index (χ1n) is 11.6. The lowest BCUT2D eigenvalue weighted by Crippen LogP contribution is -2.43. The van der Waals surface area contributed by atoms with Crippen LogP contribution < -0.4 is 10.5 Å². The number of pyridine rings is 2. The second-order valence-electron chi connectivity index (χ2n) is 9.87. The normalized spacial score (nSPS) is 19.0. The van der Waals surface area contributed by atoms with Gasteiger partial charge in [0.1, 0.15) is 28.8 Å². The standard InChI is InChI=1S/C25H26F4N6O.2ClH/c1-14(2)36-19-11-17(26)10-15-4-6-18(31-21(15)19)23-33-32-20-7-5-16(12-35(20)23)22(25(27,28)29)34-9-8-24(3,30)13-34;;/h4-7,10-12,14,22H,8-9,13,30H2,1-3H3;2*1H/t22-,24?;;/m0../s1. The lowest BCUT2D eigenvalue weighted by atomic mass is 10.0. The van der Waals surface area contributed by atoms with Crippen molar-refractivity contribution >= 4 is 41.4 Å². The maximum absolute atomic E-state index is 14.2. The van der Waals surface area contributed by atoms with Crippen molar-refractivity contribution in [1.82, 2.24) is 24.5 Å². The maximum Gasteiger partial charge on any atom is 0.408 e. The van der Waals surface area contributed by atoms with Gasteiger partial charge in [0.15, 0.2) is 11.5 Å². The minimum atomic E-state index is -4.50. The first kappa shape index (κ1) is 29.8. The summed E-state index contributed by atoms with van der Waals surface area (Å²) in [4.78, 5) is 5.98. The van der Waals surface area contributed by atoms with Crippen molar-refractivity contribution < 1.29 is 22.3 Å². The van der Waals surface area contributed by atoms with E-state index in [1.165, 1.54) is 39.8 Å². The molecule has 0 radical (unpaired) electrons. The van der Waals surface area contributed by atoms with Crippen LogP contribution in [0.5, 0.6) is 5.75 Å². The first-order chi connectivity index (χ1) is 16.9. The lowest BCUT2D eigenvalue weighted by molar-refractivity contribution is -0.184. The molecule has 0 amide bonds. The van der Waals surface area contributed by atoms with E-state index in [0.717, 1.165) is 0 Å². The van der Waals surface area contributed by atoms with Gasteiger partial charge in [0.05, 0.1) is 6.10 Å². The Morgan fingerprint density at radius 1 is 1.08 bits per heavy atom. The summed E-state index contributed by atoms with van der Waals surface area (Å²) in [5, 5.41) is 8.82. The number of hydrogen-bond donors (Lipinski definition) is 1. The van der Waals surface area contributed by atoms with Crippen molar-refractivity contribution in [2.75, 3.05) is 13.1 Å². The zero-order valence-corrected chi connectivity index (χ0v) is 22.5. The predicted molar refractivity (Wildman–Crippen MR) is 142 cm³/mol. The monoisotopic (exact) mass is 574 g/mol. The molecule has 13 heteroatoms. The third-order valence-electron chi connectivity index (χ3n) is 6.26. The molecule has 1 aliphatic heterocycles. The molecule has 1 fully saturated rings. The largest absolute Gasteiger partial charge is 0.489 e. The van der Waals surface area contributed by atoms with Gasteiger partial charge in [-0.3, -0.25) is 9.30 Å². The topological polar surface area (TPSA) is 81.6 Å². The van der Waals surface area contributed by atoms with Gasteiger partial charge in [0, 0.05) is 36.3 Å². The molecule has 38 heavy (non-hydrogen) atoms. The van der Waals surface area contributed by atoms with Gasteiger partial charge in [-0.05, 0) is 51.0 Å². The van der Waals surface area contributed by atoms with E-state index in [-0.39, 0.29) is 61.1 Å². The number of nitrogens with zero attached hydrogens (tertiary/aromatic N) is 5. The third-order valence-corrected chi connectivity index (χ3v) is 6.26. The van der Waals surface area contributed by atoms with Crippen LogP contribution in [0.3, 0.4) is 0 Å². The van der Waals surface area contributed by atoms with Crippen LogP contribution >= 0.6 is 24.8 Å². The van der Waals surface area contributed by atoms with E-state index in [0.29, 0.717) is 28.7 Å². The molecule has 3 aromatic heterocycles. The lowest BCUT2D eigenvalue weighted by Gasteiger charge is -2.31. The molecule has 0 aliphatic carbocycles. The fourth-order valence-corrected chi connectivity index (χ4v) is 4.73. The number of alkyl halides is 3. The highest BCUT2D eigenvalue weighted by atomic mass is 35.5. The van der Waals surface area contributed by atoms with E-state index in [4.69, 9.17) is 10.5 Å². The molecule has 1 unspecified atom stereocenters. The number of likely N-dealkylation sites (tertiary alicyclic amines) is 1. The minimum absolute atomic E-state index is 0. The number of rotatable bonds is 5. The van der Waals surface area contributed by atoms with Crippen LogP contribution in [-0.4, -0.2) is 55.4 Å². The number of fused-ring (bicyclic) bond motifs is 2. The molecule has 0 spiro atoms. The van der Waals surface area contributed by atoms with E-state index in [1.54, 1.807) is 19.1 Å². The summed E-state index contributed by atoms with van der Waals surface area (Å²) < 4.78 is 64.0. The number of ether oxygens (including phenoxy) is 1. The Bertz CT molecular complexity index is 1440. The third kappa shape index (κ3) is 5.80. The van der Waals surface area contributed by atoms with Crippen molar-refractivity contribution in [3.8, 4) is 17.3 Å². The second kappa shape index (κ2) is 10.8. The fraction of sp³-hybridized carbons (Fsp3) is 0.400. The van der Waals surface area contributed by atoms with Gasteiger partial charge in [-0.25, -0.2) is 9.37 Å². The summed E-state index contributed by atoms with van der Waals surface area (Å²) in [5.74, 6) is 0.0749. The van der Waals surface area contributed by atoms with E-state index < -0.39 is 23.6 Å². The molecule has 4 aromatic rings. The molecule has 1 saturated heterocycles. The number of hydrogen-bond acceptors (Lipinski definition) is 6. The quantitative estimate of drug-likeness (QED) is 0.306. The Labute approximate surface area is 229 Å². The van der Waals surface area contributed by atoms with E-state index >= 15 is 0 Å². The summed E-state index contributed by atoms with van der Waals surface area (Å²) >= 11 is 0. The average Bonchev–Trinajstić information content (AvgIpc) is 3.34. The van der Waals surface area contributed by atoms with Crippen LogP contribution in [0.4, 0.5) is 17.6 Å². The first-order valence-corrected chi connectivity index (χ1v) is 11.6. The van der Waals surface area contributed by atoms with Crippen molar-refractivity contribution in [3.63, 3.8) is 0 Å². The van der Waals surface area contributed by atoms with Crippen LogP contribution in [0.25, 0.3) is 28.1 Å². The molecule has 0 bridgehead atoms. The van der Waals surface area contributed by atoms with Crippen LogP contribution in [0, 0.1) is 5.82 Å². The number of nitrogens with two attached hydrogens (primary N) is 1. The molecule has 5 rings (SSSR count). The fourth-order valence-electron chi connectivity index (χ4n) is 4.73. The molecule has 206 valence electrons. The SMILES string of the molecule is CC(C)Oc1cc(F)cc2ccc(-c3nnc4ccc([C@H](N5CCC(C)(N)C5)C(F)(F)F)cn34)nc12.Cl.Cl. The van der Waals surface area contributed by atoms with Crippen LogP contribution in [0.1, 0.15) is 38.8 Å². The van der Waals surface area contributed by atoms with Crippen molar-refractivity contribution in [3.05, 3.63) is 54.0 Å². The summed E-state index contributed by atoms with van der Waals surface area (Å²) in [5.41, 5.74) is 6.66. The Balaban J connectivity index is 0.00000200. The van der Waals surface area contributed by atoms with Gasteiger partial charge in [0.25, 0.3) is 0 Å². The van der Waals surface area contributed by atoms with Crippen molar-refractivity contribution in [2.45, 2.75) is 51.1 Å². The second-order valence-corrected chi connectivity index (χ2v) is 9.87. The van der Waals surface area contributed by atoms with Gasteiger partial charge in [-0.1, -0.05) is 12.1 Å². The Hall–Kier alpha value is -2.73. The van der Waals surface area contributed by atoms with Crippen molar-refractivity contribution in [1.29, 1.82) is 0 Å². The molecular formula is C25H28Cl2F4N6O. The maximum atomic E-state index is 14.2. The molecule has 7 nitrogen and oxygen atoms in total. The van der Waals surface area contributed by atoms with Gasteiger partial charge >= 0.3 is 6.18 Å². The highest BCUT2D eigenvalue weighted by Gasteiger charge is 2.48. The summed E-state index contributed by atoms with van der Waals surface area (Å²) in [6.07, 6.45) is -2.84. The molecule has 1 aromatic carbocycles. The molecule has 4 heterocycles. The number of halogens is 6. The van der Waals surface area contributed by atoms with Crippen LogP contribution in [-0.2, 0) is 0 Å². The van der Waals surface area contributed by atoms with E-state index in [1.807, 2.05) is 13.8 Å². The van der Waals surface area contributed by atoms with Crippen LogP contribution in [0.15, 0.2) is 42.6 Å². The molecule has 0 saturated carbocycles. The van der Waals surface area contributed by atoms with Crippen LogP contribution in [0.2, 0.25) is 0 Å². The number of benzene rings is 1. The average molecular weight is 575 g/mol. The molecule has 2 N–H and O–H groups in total. The Morgan fingerprint density at radius 2 is 1.82 bits per heavy atom. The summed E-state index contributed by atoms with van der Waals surface area (Å²) in [7, 11) is 0. The molecular weight excluding hydrogens is 547 g/mol. The smallest absolute Gasteiger partial charge is 0.408 e. The zero-order chi connectivity index (χ0) is 25.8.